The largest absolute Gasteiger partial charge is 0.468 e. The fraction of sp³-hybridized carbons (Fsp3) is 0.222. The summed E-state index contributed by atoms with van der Waals surface area (Å²) in [5.74, 6) is -0.998. The van der Waals surface area contributed by atoms with E-state index >= 15 is 0 Å². The van der Waals surface area contributed by atoms with E-state index in [4.69, 9.17) is 5.73 Å². The maximum Gasteiger partial charge on any atom is 0.327 e. The predicted molar refractivity (Wildman–Crippen MR) is 52.6 cm³/mol. The van der Waals surface area contributed by atoms with Gasteiger partial charge in [0.1, 0.15) is 11.9 Å². The summed E-state index contributed by atoms with van der Waals surface area (Å²) < 4.78 is 17.1. The summed E-state index contributed by atoms with van der Waals surface area (Å²) in [5, 5.41) is 0. The number of nitrogens with two attached hydrogens (primary N) is 1. The Morgan fingerprint density at radius 1 is 1.57 bits per heavy atom. The van der Waals surface area contributed by atoms with Gasteiger partial charge in [-0.05, 0) is 17.7 Å². The minimum Gasteiger partial charge on any atom is -0.468 e. The van der Waals surface area contributed by atoms with Crippen LogP contribution < -0.4 is 5.73 Å². The van der Waals surface area contributed by atoms with E-state index in [9.17, 15) is 9.18 Å². The molecule has 2 N–H and O–H groups in total. The standard InChI is InChI=1S/C9H10FNO2.ClH/c1-13-9(12)8(11)6-3-2-4-7(10)5-6;/h2-5,8H,11H2,1H3;1H/t8-;/m0./s1. The number of carbonyl (C=O) groups excluding carboxylic acids is 1. The van der Waals surface area contributed by atoms with Crippen molar-refractivity contribution in [1.82, 2.24) is 0 Å². The van der Waals surface area contributed by atoms with Crippen LogP contribution in [0.1, 0.15) is 11.6 Å². The molecule has 0 radical (unpaired) electrons. The van der Waals surface area contributed by atoms with E-state index in [-0.39, 0.29) is 12.4 Å². The van der Waals surface area contributed by atoms with Gasteiger partial charge in [0.25, 0.3) is 0 Å². The lowest BCUT2D eigenvalue weighted by Gasteiger charge is -2.08. The number of esters is 1. The summed E-state index contributed by atoms with van der Waals surface area (Å²) in [4.78, 5) is 11.0. The number of halogens is 2. The van der Waals surface area contributed by atoms with Crippen LogP contribution in [0.2, 0.25) is 0 Å². The van der Waals surface area contributed by atoms with Gasteiger partial charge in [0.15, 0.2) is 0 Å². The fourth-order valence-corrected chi connectivity index (χ4v) is 0.963. The molecule has 0 saturated carbocycles. The second kappa shape index (κ2) is 5.57. The van der Waals surface area contributed by atoms with Crippen molar-refractivity contribution < 1.29 is 13.9 Å². The number of carbonyl (C=O) groups is 1. The summed E-state index contributed by atoms with van der Waals surface area (Å²) in [7, 11) is 1.24. The summed E-state index contributed by atoms with van der Waals surface area (Å²) in [5.41, 5.74) is 5.89. The number of rotatable bonds is 2. The van der Waals surface area contributed by atoms with Crippen LogP contribution in [0.4, 0.5) is 4.39 Å². The van der Waals surface area contributed by atoms with E-state index in [1.54, 1.807) is 6.07 Å². The zero-order valence-electron chi connectivity index (χ0n) is 7.57. The first-order chi connectivity index (χ1) is 6.15. The van der Waals surface area contributed by atoms with Gasteiger partial charge in [0.2, 0.25) is 0 Å². The highest BCUT2D eigenvalue weighted by molar-refractivity contribution is 5.85. The Labute approximate surface area is 87.5 Å². The molecule has 14 heavy (non-hydrogen) atoms. The van der Waals surface area contributed by atoms with Crippen molar-refractivity contribution in [2.75, 3.05) is 7.11 Å². The third-order valence-corrected chi connectivity index (χ3v) is 1.66. The molecule has 5 heteroatoms. The van der Waals surface area contributed by atoms with E-state index < -0.39 is 17.8 Å². The molecule has 78 valence electrons. The second-order valence-corrected chi connectivity index (χ2v) is 2.56. The van der Waals surface area contributed by atoms with Crippen molar-refractivity contribution >= 4 is 18.4 Å². The van der Waals surface area contributed by atoms with Crippen LogP contribution in [-0.4, -0.2) is 13.1 Å². The maximum atomic E-state index is 12.7. The molecule has 1 rings (SSSR count). The quantitative estimate of drug-likeness (QED) is 0.766. The molecule has 0 aliphatic carbocycles. The minimum absolute atomic E-state index is 0. The summed E-state index contributed by atoms with van der Waals surface area (Å²) in [6, 6.07) is 4.65. The van der Waals surface area contributed by atoms with E-state index in [0.717, 1.165) is 0 Å². The Balaban J connectivity index is 0.00000169. The van der Waals surface area contributed by atoms with E-state index in [2.05, 4.69) is 4.74 Å². The van der Waals surface area contributed by atoms with Crippen LogP contribution in [0.5, 0.6) is 0 Å². The van der Waals surface area contributed by atoms with Gasteiger partial charge in [-0.1, -0.05) is 12.1 Å². The van der Waals surface area contributed by atoms with Crippen LogP contribution in [0.15, 0.2) is 24.3 Å². The Morgan fingerprint density at radius 2 is 2.21 bits per heavy atom. The fourth-order valence-electron chi connectivity index (χ4n) is 0.963. The molecule has 0 unspecified atom stereocenters. The lowest BCUT2D eigenvalue weighted by Crippen LogP contribution is -2.22. The molecule has 0 aromatic heterocycles. The van der Waals surface area contributed by atoms with Crippen LogP contribution in [0, 0.1) is 5.82 Å². The van der Waals surface area contributed by atoms with Crippen molar-refractivity contribution in [2.45, 2.75) is 6.04 Å². The number of hydrogen-bond donors (Lipinski definition) is 1. The molecular weight excluding hydrogens is 209 g/mol. The highest BCUT2D eigenvalue weighted by Gasteiger charge is 2.15. The van der Waals surface area contributed by atoms with E-state index in [1.807, 2.05) is 0 Å². The summed E-state index contributed by atoms with van der Waals surface area (Å²) in [6.45, 7) is 0. The SMILES string of the molecule is COC(=O)[C@@H](N)c1cccc(F)c1.Cl. The van der Waals surface area contributed by atoms with Gasteiger partial charge in [0.05, 0.1) is 7.11 Å². The van der Waals surface area contributed by atoms with E-state index in [1.165, 1.54) is 25.3 Å². The second-order valence-electron chi connectivity index (χ2n) is 2.56. The smallest absolute Gasteiger partial charge is 0.327 e. The lowest BCUT2D eigenvalue weighted by molar-refractivity contribution is -0.142. The van der Waals surface area contributed by atoms with Crippen LogP contribution >= 0.6 is 12.4 Å². The number of methoxy groups -OCH3 is 1. The number of ether oxygens (including phenoxy) is 1. The van der Waals surface area contributed by atoms with Crippen LogP contribution in [0.3, 0.4) is 0 Å². The average Bonchev–Trinajstić information content (AvgIpc) is 2.15. The number of benzene rings is 1. The third-order valence-electron chi connectivity index (χ3n) is 1.66. The Kier molecular flexibility index (Phi) is 5.12. The molecule has 0 heterocycles. The highest BCUT2D eigenvalue weighted by Crippen LogP contribution is 2.12. The molecule has 1 aromatic rings. The first kappa shape index (κ1) is 12.9. The predicted octanol–water partition coefficient (Wildman–Crippen LogP) is 1.42. The van der Waals surface area contributed by atoms with Gasteiger partial charge >= 0.3 is 5.97 Å². The van der Waals surface area contributed by atoms with E-state index in [0.29, 0.717) is 5.56 Å². The zero-order chi connectivity index (χ0) is 9.84. The molecule has 3 nitrogen and oxygen atoms in total. The van der Waals surface area contributed by atoms with Crippen LogP contribution in [0.25, 0.3) is 0 Å². The molecular formula is C9H11ClFNO2. The maximum absolute atomic E-state index is 12.7. The highest BCUT2D eigenvalue weighted by atomic mass is 35.5. The Morgan fingerprint density at radius 3 is 2.71 bits per heavy atom. The van der Waals surface area contributed by atoms with Crippen molar-refractivity contribution in [3.8, 4) is 0 Å². The van der Waals surface area contributed by atoms with Gasteiger partial charge < -0.3 is 10.5 Å². The van der Waals surface area contributed by atoms with Crippen molar-refractivity contribution in [3.63, 3.8) is 0 Å². The number of hydrogen-bond acceptors (Lipinski definition) is 3. The summed E-state index contributed by atoms with van der Waals surface area (Å²) in [6.07, 6.45) is 0. The molecule has 0 spiro atoms. The van der Waals surface area contributed by atoms with Gasteiger partial charge in [-0.3, -0.25) is 4.79 Å². The summed E-state index contributed by atoms with van der Waals surface area (Å²) >= 11 is 0. The van der Waals surface area contributed by atoms with Crippen LogP contribution in [-0.2, 0) is 9.53 Å². The molecule has 0 aliphatic rings. The lowest BCUT2D eigenvalue weighted by atomic mass is 10.1. The normalized spacial score (nSPS) is 11.4. The van der Waals surface area contributed by atoms with Gasteiger partial charge in [0, 0.05) is 0 Å². The van der Waals surface area contributed by atoms with Gasteiger partial charge in [-0.25, -0.2) is 4.39 Å². The molecule has 1 aromatic carbocycles. The van der Waals surface area contributed by atoms with Gasteiger partial charge in [-0.15, -0.1) is 12.4 Å². The van der Waals surface area contributed by atoms with Gasteiger partial charge in [-0.2, -0.15) is 0 Å². The first-order valence-corrected chi connectivity index (χ1v) is 3.74. The average molecular weight is 220 g/mol. The monoisotopic (exact) mass is 219 g/mol. The molecule has 0 saturated heterocycles. The molecule has 0 aliphatic heterocycles. The Bertz CT molecular complexity index is 319. The molecule has 0 amide bonds. The zero-order valence-corrected chi connectivity index (χ0v) is 8.38. The molecule has 0 bridgehead atoms. The van der Waals surface area contributed by atoms with Crippen molar-refractivity contribution in [1.29, 1.82) is 0 Å². The first-order valence-electron chi connectivity index (χ1n) is 3.74. The van der Waals surface area contributed by atoms with Crippen molar-refractivity contribution in [2.24, 2.45) is 5.73 Å². The Hall–Kier alpha value is -1.13. The third kappa shape index (κ3) is 2.97. The molecule has 0 fully saturated rings. The minimum atomic E-state index is -0.916. The molecule has 1 atom stereocenters. The topological polar surface area (TPSA) is 52.3 Å². The van der Waals surface area contributed by atoms with Crippen molar-refractivity contribution in [3.05, 3.63) is 35.6 Å².